The van der Waals surface area contributed by atoms with Gasteiger partial charge in [0.1, 0.15) is 12.0 Å². The minimum atomic E-state index is 0.150. The molecule has 1 aliphatic carbocycles. The number of rotatable bonds is 4. The Hall–Kier alpha value is -2.30. The van der Waals surface area contributed by atoms with Crippen molar-refractivity contribution in [3.8, 4) is 5.75 Å². The van der Waals surface area contributed by atoms with Gasteiger partial charge in [0.05, 0.1) is 13.3 Å². The van der Waals surface area contributed by atoms with Crippen LogP contribution in [0.25, 0.3) is 0 Å². The summed E-state index contributed by atoms with van der Waals surface area (Å²) >= 11 is 0. The summed E-state index contributed by atoms with van der Waals surface area (Å²) in [5.41, 5.74) is 1.24. The predicted octanol–water partition coefficient (Wildman–Crippen LogP) is 3.19. The van der Waals surface area contributed by atoms with E-state index in [4.69, 9.17) is 9.15 Å². The number of benzene rings is 1. The molecule has 1 aromatic carbocycles. The molecule has 0 bridgehead atoms. The molecule has 0 radical (unpaired) electrons. The molecule has 1 saturated carbocycles. The summed E-state index contributed by atoms with van der Waals surface area (Å²) in [6.45, 7) is 1.61. The summed E-state index contributed by atoms with van der Waals surface area (Å²) in [6.07, 6.45) is 6.15. The van der Waals surface area contributed by atoms with E-state index < -0.39 is 0 Å². The fourth-order valence-corrected chi connectivity index (χ4v) is 3.70. The largest absolute Gasteiger partial charge is 0.497 e. The number of likely N-dealkylation sites (tertiary alicyclic amines) is 1. The van der Waals surface area contributed by atoms with Gasteiger partial charge in [-0.05, 0) is 42.9 Å². The molecule has 0 N–H and O–H groups in total. The number of carbonyl (C=O) groups excluding carboxylic acids is 1. The number of piperidine rings is 1. The Balaban J connectivity index is 1.32. The molecule has 24 heavy (non-hydrogen) atoms. The lowest BCUT2D eigenvalue weighted by Crippen LogP contribution is -2.39. The normalized spacial score (nSPS) is 24.0. The highest BCUT2D eigenvalue weighted by Crippen LogP contribution is 2.49. The molecule has 1 aromatic heterocycles. The Morgan fingerprint density at radius 2 is 2.00 bits per heavy atom. The second-order valence-electron chi connectivity index (χ2n) is 6.69. The third kappa shape index (κ3) is 2.90. The van der Waals surface area contributed by atoms with Crippen LogP contribution in [-0.2, 0) is 4.79 Å². The van der Waals surface area contributed by atoms with Crippen LogP contribution in [0, 0.1) is 5.92 Å². The first-order chi connectivity index (χ1) is 11.8. The van der Waals surface area contributed by atoms with Gasteiger partial charge in [-0.25, -0.2) is 4.98 Å². The van der Waals surface area contributed by atoms with Gasteiger partial charge in [0, 0.05) is 24.9 Å². The maximum absolute atomic E-state index is 12.7. The molecule has 2 fully saturated rings. The first kappa shape index (κ1) is 15.2. The molecule has 2 atom stereocenters. The zero-order valence-electron chi connectivity index (χ0n) is 13.9. The minimum absolute atomic E-state index is 0.150. The molecule has 1 aliphatic heterocycles. The van der Waals surface area contributed by atoms with Gasteiger partial charge in [-0.15, -0.1) is 0 Å². The Morgan fingerprint density at radius 1 is 1.25 bits per heavy atom. The third-order valence-corrected chi connectivity index (χ3v) is 5.26. The topological polar surface area (TPSA) is 55.6 Å². The molecular formula is C19H22N2O3. The zero-order chi connectivity index (χ0) is 16.5. The number of hydrogen-bond acceptors (Lipinski definition) is 4. The monoisotopic (exact) mass is 326 g/mol. The van der Waals surface area contributed by atoms with Crippen molar-refractivity contribution >= 4 is 5.91 Å². The number of ether oxygens (including phenoxy) is 1. The number of nitrogens with zero attached hydrogens (tertiary/aromatic N) is 2. The van der Waals surface area contributed by atoms with Crippen molar-refractivity contribution in [2.75, 3.05) is 20.2 Å². The minimum Gasteiger partial charge on any atom is -0.497 e. The molecule has 126 valence electrons. The highest BCUT2D eigenvalue weighted by molar-refractivity contribution is 5.83. The van der Waals surface area contributed by atoms with Gasteiger partial charge in [0.15, 0.2) is 5.89 Å². The van der Waals surface area contributed by atoms with Crippen molar-refractivity contribution in [2.24, 2.45) is 5.92 Å². The second-order valence-corrected chi connectivity index (χ2v) is 6.69. The number of methoxy groups -OCH3 is 1. The standard InChI is InChI=1S/C19H22N2O3/c1-23-15-4-2-13(3-5-15)16-12-17(16)19(22)21-9-6-14(7-10-21)18-20-8-11-24-18/h2-5,8,11,14,16-17H,6-7,9-10,12H2,1H3/t16-,17+/m0/s1. The molecular weight excluding hydrogens is 304 g/mol. The van der Waals surface area contributed by atoms with Crippen molar-refractivity contribution < 1.29 is 13.9 Å². The smallest absolute Gasteiger partial charge is 0.226 e. The second kappa shape index (κ2) is 6.30. The fraction of sp³-hybridized carbons (Fsp3) is 0.474. The molecule has 2 heterocycles. The van der Waals surface area contributed by atoms with Crippen LogP contribution in [0.5, 0.6) is 5.75 Å². The van der Waals surface area contributed by atoms with Gasteiger partial charge in [0.2, 0.25) is 5.91 Å². The van der Waals surface area contributed by atoms with E-state index in [1.807, 2.05) is 17.0 Å². The fourth-order valence-electron chi connectivity index (χ4n) is 3.70. The summed E-state index contributed by atoms with van der Waals surface area (Å²) < 4.78 is 10.6. The van der Waals surface area contributed by atoms with Crippen LogP contribution < -0.4 is 4.74 Å². The van der Waals surface area contributed by atoms with Gasteiger partial charge in [-0.2, -0.15) is 0 Å². The van der Waals surface area contributed by atoms with Gasteiger partial charge < -0.3 is 14.1 Å². The van der Waals surface area contributed by atoms with Crippen molar-refractivity contribution in [1.29, 1.82) is 0 Å². The van der Waals surface area contributed by atoms with E-state index in [0.29, 0.717) is 17.7 Å². The van der Waals surface area contributed by atoms with Crippen molar-refractivity contribution in [3.05, 3.63) is 48.2 Å². The Bertz CT molecular complexity index is 688. The average molecular weight is 326 g/mol. The Morgan fingerprint density at radius 3 is 2.62 bits per heavy atom. The van der Waals surface area contributed by atoms with Gasteiger partial charge in [-0.1, -0.05) is 12.1 Å². The van der Waals surface area contributed by atoms with Gasteiger partial charge in [-0.3, -0.25) is 4.79 Å². The van der Waals surface area contributed by atoms with Crippen LogP contribution in [0.3, 0.4) is 0 Å². The van der Waals surface area contributed by atoms with E-state index >= 15 is 0 Å². The molecule has 1 saturated heterocycles. The summed E-state index contributed by atoms with van der Waals surface area (Å²) in [4.78, 5) is 19.0. The first-order valence-corrected chi connectivity index (χ1v) is 8.58. The molecule has 5 nitrogen and oxygen atoms in total. The predicted molar refractivity (Wildman–Crippen MR) is 88.9 cm³/mol. The summed E-state index contributed by atoms with van der Waals surface area (Å²) in [6, 6.07) is 8.09. The molecule has 0 unspecified atom stereocenters. The molecule has 2 aliphatic rings. The molecule has 4 rings (SSSR count). The van der Waals surface area contributed by atoms with Crippen molar-refractivity contribution in [1.82, 2.24) is 9.88 Å². The van der Waals surface area contributed by atoms with Crippen LogP contribution in [-0.4, -0.2) is 36.0 Å². The van der Waals surface area contributed by atoms with Crippen LogP contribution in [0.2, 0.25) is 0 Å². The van der Waals surface area contributed by atoms with Crippen molar-refractivity contribution in [3.63, 3.8) is 0 Å². The van der Waals surface area contributed by atoms with Crippen LogP contribution in [0.1, 0.15) is 42.6 Å². The number of amides is 1. The SMILES string of the molecule is COc1ccc([C@@H]2C[C@H]2C(=O)N2CCC(c3ncco3)CC2)cc1. The number of hydrogen-bond donors (Lipinski definition) is 0. The number of oxazole rings is 1. The maximum Gasteiger partial charge on any atom is 0.226 e. The van der Waals surface area contributed by atoms with E-state index in [9.17, 15) is 4.79 Å². The lowest BCUT2D eigenvalue weighted by Gasteiger charge is -2.31. The van der Waals surface area contributed by atoms with E-state index in [2.05, 4.69) is 17.1 Å². The van der Waals surface area contributed by atoms with E-state index in [1.165, 1.54) is 5.56 Å². The Kier molecular flexibility index (Phi) is 4.00. The van der Waals surface area contributed by atoms with E-state index in [-0.39, 0.29) is 5.92 Å². The average Bonchev–Trinajstić information content (AvgIpc) is 3.25. The quantitative estimate of drug-likeness (QED) is 0.866. The van der Waals surface area contributed by atoms with Crippen LogP contribution in [0.4, 0.5) is 0 Å². The molecule has 1 amide bonds. The summed E-state index contributed by atoms with van der Waals surface area (Å²) in [7, 11) is 1.67. The highest BCUT2D eigenvalue weighted by atomic mass is 16.5. The number of carbonyl (C=O) groups is 1. The van der Waals surface area contributed by atoms with Crippen LogP contribution in [0.15, 0.2) is 41.1 Å². The molecule has 0 spiro atoms. The van der Waals surface area contributed by atoms with E-state index in [0.717, 1.165) is 44.0 Å². The van der Waals surface area contributed by atoms with Gasteiger partial charge >= 0.3 is 0 Å². The third-order valence-electron chi connectivity index (χ3n) is 5.26. The lowest BCUT2D eigenvalue weighted by molar-refractivity contribution is -0.133. The lowest BCUT2D eigenvalue weighted by atomic mass is 9.96. The first-order valence-electron chi connectivity index (χ1n) is 8.58. The summed E-state index contributed by atoms with van der Waals surface area (Å²) in [5, 5.41) is 0. The van der Waals surface area contributed by atoms with Gasteiger partial charge in [0.25, 0.3) is 0 Å². The van der Waals surface area contributed by atoms with Crippen LogP contribution >= 0.6 is 0 Å². The van der Waals surface area contributed by atoms with E-state index in [1.54, 1.807) is 19.6 Å². The van der Waals surface area contributed by atoms with Crippen molar-refractivity contribution in [2.45, 2.75) is 31.1 Å². The molecule has 5 heteroatoms. The number of aromatic nitrogens is 1. The molecule has 2 aromatic rings. The Labute approximate surface area is 141 Å². The summed E-state index contributed by atoms with van der Waals surface area (Å²) in [5.74, 6) is 2.84. The zero-order valence-corrected chi connectivity index (χ0v) is 13.9. The maximum atomic E-state index is 12.7. The highest BCUT2D eigenvalue weighted by Gasteiger charge is 2.46.